The fraction of sp³-hybridized carbons (Fsp3) is 0.357. The standard InChI is InChI=1S/C14H18O/c1-2-6-13(11-12-15)9-10-14-7-4-3-5-8-14/h3-8,13,15H,1,9-12H2. The summed E-state index contributed by atoms with van der Waals surface area (Å²) in [6.45, 7) is 3.81. The maximum atomic E-state index is 8.89. The van der Waals surface area contributed by atoms with Crippen LogP contribution in [0.15, 0.2) is 48.7 Å². The molecule has 0 saturated carbocycles. The Kier molecular flexibility index (Phi) is 5.54. The predicted octanol–water partition coefficient (Wildman–Crippen LogP) is 2.96. The first-order valence-corrected chi connectivity index (χ1v) is 5.37. The summed E-state index contributed by atoms with van der Waals surface area (Å²) in [5.74, 6) is 0.396. The Labute approximate surface area is 91.8 Å². The number of allylic oxidation sites excluding steroid dienone is 1. The quantitative estimate of drug-likeness (QED) is 0.703. The second-order valence-electron chi connectivity index (χ2n) is 3.67. The number of hydrogen-bond donors (Lipinski definition) is 1. The maximum absolute atomic E-state index is 8.89. The van der Waals surface area contributed by atoms with Gasteiger partial charge < -0.3 is 5.11 Å². The van der Waals surface area contributed by atoms with Gasteiger partial charge in [0, 0.05) is 6.61 Å². The molecule has 0 radical (unpaired) electrons. The molecule has 0 saturated heterocycles. The fourth-order valence-electron chi connectivity index (χ4n) is 1.64. The van der Waals surface area contributed by atoms with Crippen LogP contribution in [0.1, 0.15) is 18.4 Å². The third-order valence-corrected chi connectivity index (χ3v) is 2.50. The molecule has 0 bridgehead atoms. The molecular formula is C14H18O. The average Bonchev–Trinajstić information content (AvgIpc) is 2.28. The van der Waals surface area contributed by atoms with E-state index in [2.05, 4.69) is 36.6 Å². The van der Waals surface area contributed by atoms with Crippen LogP contribution in [-0.2, 0) is 6.42 Å². The highest BCUT2D eigenvalue weighted by Gasteiger charge is 2.04. The van der Waals surface area contributed by atoms with Crippen LogP contribution >= 0.6 is 0 Å². The molecular weight excluding hydrogens is 184 g/mol. The highest BCUT2D eigenvalue weighted by atomic mass is 16.3. The molecule has 0 aliphatic rings. The fourth-order valence-corrected chi connectivity index (χ4v) is 1.64. The van der Waals surface area contributed by atoms with Crippen molar-refractivity contribution >= 4 is 0 Å². The van der Waals surface area contributed by atoms with E-state index in [0.29, 0.717) is 5.92 Å². The summed E-state index contributed by atoms with van der Waals surface area (Å²) < 4.78 is 0. The minimum Gasteiger partial charge on any atom is -0.396 e. The van der Waals surface area contributed by atoms with Gasteiger partial charge in [-0.3, -0.25) is 0 Å². The molecule has 1 rings (SSSR count). The van der Waals surface area contributed by atoms with Crippen molar-refractivity contribution in [1.82, 2.24) is 0 Å². The lowest BCUT2D eigenvalue weighted by Gasteiger charge is -2.09. The van der Waals surface area contributed by atoms with Gasteiger partial charge in [-0.2, -0.15) is 0 Å². The molecule has 1 unspecified atom stereocenters. The molecule has 1 atom stereocenters. The average molecular weight is 202 g/mol. The lowest BCUT2D eigenvalue weighted by Crippen LogP contribution is -2.01. The lowest BCUT2D eigenvalue weighted by molar-refractivity contribution is 0.267. The van der Waals surface area contributed by atoms with Crippen LogP contribution in [0, 0.1) is 5.92 Å². The van der Waals surface area contributed by atoms with Crippen LogP contribution in [0.5, 0.6) is 0 Å². The molecule has 0 spiro atoms. The van der Waals surface area contributed by atoms with Crippen molar-refractivity contribution in [3.05, 3.63) is 54.3 Å². The molecule has 15 heavy (non-hydrogen) atoms. The van der Waals surface area contributed by atoms with E-state index < -0.39 is 0 Å². The molecule has 1 N–H and O–H groups in total. The van der Waals surface area contributed by atoms with E-state index in [1.54, 1.807) is 0 Å². The Balaban J connectivity index is 2.43. The highest BCUT2D eigenvalue weighted by Crippen LogP contribution is 2.13. The van der Waals surface area contributed by atoms with E-state index >= 15 is 0 Å². The number of hydrogen-bond acceptors (Lipinski definition) is 1. The summed E-state index contributed by atoms with van der Waals surface area (Å²) in [7, 11) is 0. The maximum Gasteiger partial charge on any atom is 0.0436 e. The number of aliphatic hydroxyl groups excluding tert-OH is 1. The Morgan fingerprint density at radius 3 is 2.60 bits per heavy atom. The molecule has 0 heterocycles. The smallest absolute Gasteiger partial charge is 0.0436 e. The van der Waals surface area contributed by atoms with Crippen molar-refractivity contribution < 1.29 is 5.11 Å². The summed E-state index contributed by atoms with van der Waals surface area (Å²) in [5.41, 5.74) is 4.15. The van der Waals surface area contributed by atoms with E-state index in [1.165, 1.54) is 5.56 Å². The molecule has 0 fully saturated rings. The third-order valence-electron chi connectivity index (χ3n) is 2.50. The number of benzene rings is 1. The topological polar surface area (TPSA) is 20.2 Å². The van der Waals surface area contributed by atoms with Gasteiger partial charge in [0.05, 0.1) is 0 Å². The first kappa shape index (κ1) is 11.8. The molecule has 80 valence electrons. The molecule has 1 heteroatoms. The van der Waals surface area contributed by atoms with Crippen LogP contribution in [0.4, 0.5) is 0 Å². The van der Waals surface area contributed by atoms with Crippen molar-refractivity contribution in [1.29, 1.82) is 0 Å². The van der Waals surface area contributed by atoms with E-state index in [0.717, 1.165) is 19.3 Å². The van der Waals surface area contributed by atoms with Crippen LogP contribution < -0.4 is 0 Å². The van der Waals surface area contributed by atoms with Crippen molar-refractivity contribution in [2.24, 2.45) is 5.92 Å². The van der Waals surface area contributed by atoms with Crippen molar-refractivity contribution in [2.45, 2.75) is 19.3 Å². The largest absolute Gasteiger partial charge is 0.396 e. The summed E-state index contributed by atoms with van der Waals surface area (Å²) in [6, 6.07) is 10.4. The van der Waals surface area contributed by atoms with E-state index in [-0.39, 0.29) is 6.61 Å². The second-order valence-corrected chi connectivity index (χ2v) is 3.67. The molecule has 0 aromatic heterocycles. The zero-order chi connectivity index (χ0) is 10.9. The zero-order valence-corrected chi connectivity index (χ0v) is 9.02. The van der Waals surface area contributed by atoms with Gasteiger partial charge in [0.2, 0.25) is 0 Å². The summed E-state index contributed by atoms with van der Waals surface area (Å²) in [6.07, 6.45) is 4.85. The van der Waals surface area contributed by atoms with Gasteiger partial charge in [0.15, 0.2) is 0 Å². The van der Waals surface area contributed by atoms with Gasteiger partial charge in [0.1, 0.15) is 0 Å². The van der Waals surface area contributed by atoms with Crippen LogP contribution in [0.25, 0.3) is 0 Å². The van der Waals surface area contributed by atoms with Crippen molar-refractivity contribution in [3.63, 3.8) is 0 Å². The van der Waals surface area contributed by atoms with Gasteiger partial charge in [-0.25, -0.2) is 0 Å². The SMILES string of the molecule is C=C=CC(CCO)CCc1ccccc1. The first-order chi connectivity index (χ1) is 7.36. The number of aryl methyl sites for hydroxylation is 1. The highest BCUT2D eigenvalue weighted by molar-refractivity contribution is 5.14. The van der Waals surface area contributed by atoms with Crippen molar-refractivity contribution in [2.75, 3.05) is 6.61 Å². The Hall–Kier alpha value is -1.30. The van der Waals surface area contributed by atoms with Gasteiger partial charge in [-0.15, -0.1) is 5.73 Å². The van der Waals surface area contributed by atoms with Crippen molar-refractivity contribution in [3.8, 4) is 0 Å². The third kappa shape index (κ3) is 4.64. The molecule has 0 aliphatic carbocycles. The van der Waals surface area contributed by atoms with E-state index in [9.17, 15) is 0 Å². The van der Waals surface area contributed by atoms with Crippen LogP contribution in [0.3, 0.4) is 0 Å². The Morgan fingerprint density at radius 1 is 1.27 bits per heavy atom. The van der Waals surface area contributed by atoms with Gasteiger partial charge in [-0.1, -0.05) is 36.9 Å². The molecule has 0 aliphatic heterocycles. The Morgan fingerprint density at radius 2 is 2.00 bits per heavy atom. The second kappa shape index (κ2) is 7.05. The van der Waals surface area contributed by atoms with Gasteiger partial charge >= 0.3 is 0 Å². The number of rotatable bonds is 6. The molecule has 1 aromatic rings. The van der Waals surface area contributed by atoms with Gasteiger partial charge in [-0.05, 0) is 36.8 Å². The van der Waals surface area contributed by atoms with Gasteiger partial charge in [0.25, 0.3) is 0 Å². The van der Waals surface area contributed by atoms with E-state index in [4.69, 9.17) is 5.11 Å². The molecule has 0 amide bonds. The van der Waals surface area contributed by atoms with Crippen LogP contribution in [0.2, 0.25) is 0 Å². The zero-order valence-electron chi connectivity index (χ0n) is 9.02. The first-order valence-electron chi connectivity index (χ1n) is 5.37. The molecule has 1 aromatic carbocycles. The summed E-state index contributed by atoms with van der Waals surface area (Å²) in [5, 5.41) is 8.89. The Bertz CT molecular complexity index is 309. The predicted molar refractivity (Wildman–Crippen MR) is 63.7 cm³/mol. The molecule has 1 nitrogen and oxygen atoms in total. The minimum absolute atomic E-state index is 0.234. The number of aliphatic hydroxyl groups is 1. The summed E-state index contributed by atoms with van der Waals surface area (Å²) >= 11 is 0. The summed E-state index contributed by atoms with van der Waals surface area (Å²) in [4.78, 5) is 0. The normalized spacial score (nSPS) is 11.8. The minimum atomic E-state index is 0.234. The van der Waals surface area contributed by atoms with Crippen LogP contribution in [-0.4, -0.2) is 11.7 Å². The van der Waals surface area contributed by atoms with E-state index in [1.807, 2.05) is 12.1 Å². The monoisotopic (exact) mass is 202 g/mol. The lowest BCUT2D eigenvalue weighted by atomic mass is 9.97.